The van der Waals surface area contributed by atoms with Crippen LogP contribution >= 0.6 is 22.7 Å². The Kier molecular flexibility index (Phi) is 4.37. The molecule has 3 aromatic heterocycles. The van der Waals surface area contributed by atoms with Crippen LogP contribution in [0.25, 0.3) is 20.7 Å². The molecule has 0 saturated carbocycles. The van der Waals surface area contributed by atoms with E-state index in [9.17, 15) is 9.59 Å². The number of nitrogens with zero attached hydrogens (tertiary/aromatic N) is 3. The van der Waals surface area contributed by atoms with E-state index in [2.05, 4.69) is 11.1 Å². The Morgan fingerprint density at radius 1 is 1.24 bits per heavy atom. The molecule has 0 saturated heterocycles. The summed E-state index contributed by atoms with van der Waals surface area (Å²) < 4.78 is 1.44. The van der Waals surface area contributed by atoms with Crippen LogP contribution in [0.2, 0.25) is 0 Å². The number of amides is 1. The molecule has 1 aromatic carbocycles. The number of aromatic nitrogens is 2. The van der Waals surface area contributed by atoms with E-state index in [0.717, 1.165) is 22.5 Å². The normalized spacial score (nSPS) is 15.8. The molecule has 29 heavy (non-hydrogen) atoms. The second-order valence-electron chi connectivity index (χ2n) is 7.36. The summed E-state index contributed by atoms with van der Waals surface area (Å²) in [7, 11) is 0. The molecule has 0 radical (unpaired) electrons. The van der Waals surface area contributed by atoms with Crippen molar-refractivity contribution >= 4 is 44.5 Å². The van der Waals surface area contributed by atoms with Crippen LogP contribution < -0.4 is 10.5 Å². The van der Waals surface area contributed by atoms with Gasteiger partial charge in [0, 0.05) is 32.4 Å². The fourth-order valence-electron chi connectivity index (χ4n) is 4.01. The van der Waals surface area contributed by atoms with Crippen molar-refractivity contribution in [3.05, 3.63) is 68.9 Å². The second kappa shape index (κ2) is 6.93. The zero-order chi connectivity index (χ0) is 20.1. The predicted molar refractivity (Wildman–Crippen MR) is 119 cm³/mol. The fraction of sp³-hybridized carbons (Fsp3) is 0.227. The van der Waals surface area contributed by atoms with Gasteiger partial charge in [0.15, 0.2) is 0 Å². The maximum absolute atomic E-state index is 13.2. The van der Waals surface area contributed by atoms with Gasteiger partial charge in [0.2, 0.25) is 5.91 Å². The molecule has 1 aliphatic rings. The van der Waals surface area contributed by atoms with Crippen LogP contribution in [-0.4, -0.2) is 21.5 Å². The molecular formula is C22H19N3O2S2. The van der Waals surface area contributed by atoms with Gasteiger partial charge in [-0.25, -0.2) is 4.98 Å². The fourth-order valence-corrected chi connectivity index (χ4v) is 5.87. The van der Waals surface area contributed by atoms with E-state index in [1.54, 1.807) is 11.3 Å². The van der Waals surface area contributed by atoms with Crippen LogP contribution in [0.3, 0.4) is 0 Å². The molecule has 0 spiro atoms. The third kappa shape index (κ3) is 3.01. The second-order valence-corrected chi connectivity index (χ2v) is 9.51. The van der Waals surface area contributed by atoms with Crippen LogP contribution in [0.4, 0.5) is 5.69 Å². The van der Waals surface area contributed by atoms with Crippen molar-refractivity contribution in [3.8, 4) is 10.4 Å². The van der Waals surface area contributed by atoms with Gasteiger partial charge in [0.05, 0.1) is 11.7 Å². The van der Waals surface area contributed by atoms with Gasteiger partial charge in [-0.1, -0.05) is 18.2 Å². The Morgan fingerprint density at radius 3 is 2.86 bits per heavy atom. The monoisotopic (exact) mass is 421 g/mol. The lowest BCUT2D eigenvalue weighted by molar-refractivity contribution is -0.119. The van der Waals surface area contributed by atoms with Crippen molar-refractivity contribution in [3.63, 3.8) is 0 Å². The molecule has 5 rings (SSSR count). The number of fused-ring (bicyclic) bond motifs is 2. The van der Waals surface area contributed by atoms with Crippen LogP contribution in [0.1, 0.15) is 17.4 Å². The largest absolute Gasteiger partial charge is 0.307 e. The molecule has 0 unspecified atom stereocenters. The van der Waals surface area contributed by atoms with E-state index in [1.165, 1.54) is 32.7 Å². The highest BCUT2D eigenvalue weighted by molar-refractivity contribution is 7.19. The van der Waals surface area contributed by atoms with E-state index in [4.69, 9.17) is 0 Å². The van der Waals surface area contributed by atoms with Crippen LogP contribution in [0.15, 0.2) is 52.9 Å². The molecule has 4 heterocycles. The van der Waals surface area contributed by atoms with Gasteiger partial charge in [0.25, 0.3) is 5.56 Å². The number of carbonyl (C=O) groups is 1. The van der Waals surface area contributed by atoms with Gasteiger partial charge in [-0.3, -0.25) is 14.2 Å². The Labute approximate surface area is 175 Å². The van der Waals surface area contributed by atoms with Gasteiger partial charge in [-0.2, -0.15) is 0 Å². The number of thiophene rings is 2. The number of para-hydroxylation sites is 1. The minimum atomic E-state index is -0.161. The minimum absolute atomic E-state index is 0.0147. The summed E-state index contributed by atoms with van der Waals surface area (Å²) in [6.07, 6.45) is 2.33. The minimum Gasteiger partial charge on any atom is -0.307 e. The average molecular weight is 422 g/mol. The zero-order valence-corrected chi connectivity index (χ0v) is 17.7. The number of anilines is 1. The number of aryl methyl sites for hydroxylation is 1. The number of hydrogen-bond donors (Lipinski definition) is 0. The smallest absolute Gasteiger partial charge is 0.263 e. The molecule has 1 atom stereocenters. The van der Waals surface area contributed by atoms with Crippen molar-refractivity contribution in [1.29, 1.82) is 0 Å². The quantitative estimate of drug-likeness (QED) is 0.490. The van der Waals surface area contributed by atoms with Crippen LogP contribution in [-0.2, 0) is 17.8 Å². The summed E-state index contributed by atoms with van der Waals surface area (Å²) in [5.41, 5.74) is 2.85. The lowest BCUT2D eigenvalue weighted by Crippen LogP contribution is -2.40. The maximum atomic E-state index is 13.2. The summed E-state index contributed by atoms with van der Waals surface area (Å²) in [5, 5.41) is 2.58. The number of rotatable bonds is 3. The first-order chi connectivity index (χ1) is 14.0. The van der Waals surface area contributed by atoms with Crippen molar-refractivity contribution in [2.75, 3.05) is 4.90 Å². The summed E-state index contributed by atoms with van der Waals surface area (Å²) in [5.74, 6) is -0.0885. The molecule has 0 aliphatic carbocycles. The Hall–Kier alpha value is -2.77. The highest BCUT2D eigenvalue weighted by Gasteiger charge is 2.30. The zero-order valence-electron chi connectivity index (χ0n) is 16.1. The van der Waals surface area contributed by atoms with Crippen molar-refractivity contribution < 1.29 is 4.79 Å². The van der Waals surface area contributed by atoms with E-state index in [1.807, 2.05) is 54.5 Å². The first kappa shape index (κ1) is 18.3. The molecule has 4 aromatic rings. The molecule has 5 nitrogen and oxygen atoms in total. The maximum Gasteiger partial charge on any atom is 0.263 e. The van der Waals surface area contributed by atoms with E-state index >= 15 is 0 Å². The van der Waals surface area contributed by atoms with Crippen molar-refractivity contribution in [2.24, 2.45) is 0 Å². The molecule has 7 heteroatoms. The summed E-state index contributed by atoms with van der Waals surface area (Å²) >= 11 is 3.12. The van der Waals surface area contributed by atoms with Crippen molar-refractivity contribution in [2.45, 2.75) is 32.9 Å². The Morgan fingerprint density at radius 2 is 2.07 bits per heavy atom. The Bertz CT molecular complexity index is 1300. The highest BCUT2D eigenvalue weighted by atomic mass is 32.1. The van der Waals surface area contributed by atoms with E-state index in [0.29, 0.717) is 10.2 Å². The summed E-state index contributed by atoms with van der Waals surface area (Å²) in [6, 6.07) is 12.1. The van der Waals surface area contributed by atoms with Gasteiger partial charge in [-0.05, 0) is 44.0 Å². The number of carbonyl (C=O) groups excluding carboxylic acids is 1. The van der Waals surface area contributed by atoms with Gasteiger partial charge in [0.1, 0.15) is 11.4 Å². The average Bonchev–Trinajstić information content (AvgIpc) is 3.39. The predicted octanol–water partition coefficient (Wildman–Crippen LogP) is 4.47. The summed E-state index contributed by atoms with van der Waals surface area (Å²) in [4.78, 5) is 35.6. The van der Waals surface area contributed by atoms with Gasteiger partial charge < -0.3 is 4.90 Å². The molecular weight excluding hydrogens is 402 g/mol. The highest BCUT2D eigenvalue weighted by Crippen LogP contribution is 2.35. The lowest BCUT2D eigenvalue weighted by atomic mass is 10.1. The molecule has 0 N–H and O–H groups in total. The first-order valence-electron chi connectivity index (χ1n) is 9.46. The number of hydrogen-bond acceptors (Lipinski definition) is 5. The van der Waals surface area contributed by atoms with Crippen LogP contribution in [0.5, 0.6) is 0 Å². The molecule has 1 aliphatic heterocycles. The topological polar surface area (TPSA) is 55.2 Å². The standard InChI is InChI=1S/C22H19N3O2S2/c1-13-9-15-5-3-4-6-17(15)25(13)19(26)10-24-12-23-21-20(22(24)27)16(11-28-21)18-8-7-14(2)29-18/h3-8,11-13H,9-10H2,1-2H3/t13-/m1/s1. The van der Waals surface area contributed by atoms with Gasteiger partial charge in [-0.15, -0.1) is 22.7 Å². The lowest BCUT2D eigenvalue weighted by Gasteiger charge is -2.23. The van der Waals surface area contributed by atoms with Crippen molar-refractivity contribution in [1.82, 2.24) is 9.55 Å². The molecule has 0 fully saturated rings. The van der Waals surface area contributed by atoms with E-state index < -0.39 is 0 Å². The first-order valence-corrected chi connectivity index (χ1v) is 11.2. The molecule has 146 valence electrons. The molecule has 1 amide bonds. The van der Waals surface area contributed by atoms with Gasteiger partial charge >= 0.3 is 0 Å². The number of benzene rings is 1. The van der Waals surface area contributed by atoms with Crippen LogP contribution in [0, 0.1) is 6.92 Å². The van der Waals surface area contributed by atoms with E-state index in [-0.39, 0.29) is 24.1 Å². The third-order valence-corrected chi connectivity index (χ3v) is 7.27. The summed E-state index contributed by atoms with van der Waals surface area (Å²) in [6.45, 7) is 4.07. The Balaban J connectivity index is 1.52. The SMILES string of the molecule is Cc1ccc(-c2csc3ncn(CC(=O)N4c5ccccc5C[C@H]4C)c(=O)c23)s1. The molecule has 0 bridgehead atoms. The third-order valence-electron chi connectivity index (χ3n) is 5.35.